The highest BCUT2D eigenvalue weighted by Crippen LogP contribution is 2.22. The van der Waals surface area contributed by atoms with E-state index in [9.17, 15) is 4.79 Å². The lowest BCUT2D eigenvalue weighted by Gasteiger charge is -2.12. The van der Waals surface area contributed by atoms with E-state index < -0.39 is 0 Å². The van der Waals surface area contributed by atoms with Gasteiger partial charge in [0.2, 0.25) is 11.1 Å². The van der Waals surface area contributed by atoms with Crippen LogP contribution in [0.4, 0.5) is 0 Å². The van der Waals surface area contributed by atoms with Gasteiger partial charge in [0.25, 0.3) is 0 Å². The zero-order valence-corrected chi connectivity index (χ0v) is 15.8. The molecule has 1 atom stereocenters. The Hall–Kier alpha value is -1.90. The molecule has 0 saturated heterocycles. The van der Waals surface area contributed by atoms with Gasteiger partial charge in [-0.05, 0) is 40.4 Å². The fourth-order valence-electron chi connectivity index (χ4n) is 2.11. The minimum atomic E-state index is -0.324. The SMILES string of the molecule is CC(Sc1nnnn1Cc1cccs1)C(=O)NCc1ccccc1Cl. The molecule has 0 saturated carbocycles. The number of halogens is 1. The van der Waals surface area contributed by atoms with Crippen LogP contribution in [0, 0.1) is 0 Å². The number of nitrogens with zero attached hydrogens (tertiary/aromatic N) is 4. The number of nitrogens with one attached hydrogen (secondary N) is 1. The van der Waals surface area contributed by atoms with Crippen molar-refractivity contribution in [2.45, 2.75) is 30.4 Å². The first-order valence-corrected chi connectivity index (χ1v) is 9.73. The quantitative estimate of drug-likeness (QED) is 0.624. The zero-order chi connectivity index (χ0) is 17.6. The molecule has 1 N–H and O–H groups in total. The molecule has 3 aromatic rings. The third-order valence-electron chi connectivity index (χ3n) is 3.45. The van der Waals surface area contributed by atoms with Crippen molar-refractivity contribution in [2.75, 3.05) is 0 Å². The molecule has 9 heteroatoms. The van der Waals surface area contributed by atoms with Crippen LogP contribution in [0.25, 0.3) is 0 Å². The van der Waals surface area contributed by atoms with E-state index in [-0.39, 0.29) is 11.2 Å². The van der Waals surface area contributed by atoms with Crippen molar-refractivity contribution >= 4 is 40.6 Å². The maximum atomic E-state index is 12.3. The van der Waals surface area contributed by atoms with Crippen molar-refractivity contribution in [2.24, 2.45) is 0 Å². The minimum absolute atomic E-state index is 0.0874. The van der Waals surface area contributed by atoms with Crippen molar-refractivity contribution in [3.8, 4) is 0 Å². The maximum Gasteiger partial charge on any atom is 0.233 e. The second kappa shape index (κ2) is 8.46. The van der Waals surface area contributed by atoms with E-state index in [1.807, 2.05) is 42.6 Å². The van der Waals surface area contributed by atoms with Gasteiger partial charge in [-0.1, -0.05) is 47.6 Å². The van der Waals surface area contributed by atoms with Crippen LogP contribution in [0.15, 0.2) is 46.9 Å². The van der Waals surface area contributed by atoms with Crippen LogP contribution >= 0.6 is 34.7 Å². The van der Waals surface area contributed by atoms with Gasteiger partial charge in [0, 0.05) is 16.4 Å². The Morgan fingerprint density at radius 3 is 2.96 bits per heavy atom. The van der Waals surface area contributed by atoms with E-state index in [4.69, 9.17) is 11.6 Å². The third-order valence-corrected chi connectivity index (χ3v) is 5.75. The van der Waals surface area contributed by atoms with Gasteiger partial charge in [0.05, 0.1) is 11.8 Å². The van der Waals surface area contributed by atoms with Crippen LogP contribution in [0.1, 0.15) is 17.4 Å². The van der Waals surface area contributed by atoms with E-state index >= 15 is 0 Å². The van der Waals surface area contributed by atoms with Crippen LogP contribution in [0.5, 0.6) is 0 Å². The third kappa shape index (κ3) is 4.81. The normalized spacial score (nSPS) is 12.1. The predicted octanol–water partition coefficient (Wildman–Crippen LogP) is 3.23. The molecule has 0 spiro atoms. The molecule has 1 unspecified atom stereocenters. The Labute approximate surface area is 158 Å². The number of benzene rings is 1. The first-order chi connectivity index (χ1) is 12.1. The molecule has 0 aliphatic carbocycles. The van der Waals surface area contributed by atoms with Crippen molar-refractivity contribution < 1.29 is 4.79 Å². The Morgan fingerprint density at radius 1 is 1.36 bits per heavy atom. The number of carbonyl (C=O) groups is 1. The average molecular weight is 394 g/mol. The van der Waals surface area contributed by atoms with Gasteiger partial charge in [-0.25, -0.2) is 4.68 Å². The number of tetrazole rings is 1. The lowest BCUT2D eigenvalue weighted by Crippen LogP contribution is -2.30. The first kappa shape index (κ1) is 17.9. The number of aromatic nitrogens is 4. The maximum absolute atomic E-state index is 12.3. The molecule has 1 amide bonds. The second-order valence-electron chi connectivity index (χ2n) is 5.27. The highest BCUT2D eigenvalue weighted by atomic mass is 35.5. The molecule has 3 rings (SSSR count). The summed E-state index contributed by atoms with van der Waals surface area (Å²) in [5, 5.41) is 17.6. The standard InChI is InChI=1S/C16H16ClN5OS2/c1-11(15(23)18-9-12-5-2-3-7-14(12)17)25-16-19-20-21-22(16)10-13-6-4-8-24-13/h2-8,11H,9-10H2,1H3,(H,18,23). The van der Waals surface area contributed by atoms with Gasteiger partial charge < -0.3 is 5.32 Å². The topological polar surface area (TPSA) is 72.7 Å². The summed E-state index contributed by atoms with van der Waals surface area (Å²) >= 11 is 9.08. The van der Waals surface area contributed by atoms with Crippen LogP contribution in [-0.2, 0) is 17.9 Å². The Bertz CT molecular complexity index is 837. The van der Waals surface area contributed by atoms with Crippen LogP contribution in [0.3, 0.4) is 0 Å². The molecular formula is C16H16ClN5OS2. The fraction of sp³-hybridized carbons (Fsp3) is 0.250. The van der Waals surface area contributed by atoms with Gasteiger partial charge in [-0.2, -0.15) is 0 Å². The molecular weight excluding hydrogens is 378 g/mol. The number of hydrogen-bond donors (Lipinski definition) is 1. The van der Waals surface area contributed by atoms with Gasteiger partial charge in [0.1, 0.15) is 0 Å². The summed E-state index contributed by atoms with van der Waals surface area (Å²) in [4.78, 5) is 13.5. The highest BCUT2D eigenvalue weighted by molar-refractivity contribution is 8.00. The lowest BCUT2D eigenvalue weighted by atomic mass is 10.2. The molecule has 2 heterocycles. The lowest BCUT2D eigenvalue weighted by molar-refractivity contribution is -0.120. The van der Waals surface area contributed by atoms with E-state index in [1.165, 1.54) is 11.8 Å². The van der Waals surface area contributed by atoms with Crippen molar-refractivity contribution in [3.63, 3.8) is 0 Å². The summed E-state index contributed by atoms with van der Waals surface area (Å²) in [6, 6.07) is 11.5. The summed E-state index contributed by atoms with van der Waals surface area (Å²) < 4.78 is 1.70. The van der Waals surface area contributed by atoms with Crippen molar-refractivity contribution in [3.05, 3.63) is 57.2 Å². The van der Waals surface area contributed by atoms with E-state index in [0.29, 0.717) is 23.3 Å². The van der Waals surface area contributed by atoms with Crippen LogP contribution < -0.4 is 5.32 Å². The summed E-state index contributed by atoms with van der Waals surface area (Å²) in [6.45, 7) is 2.82. The summed E-state index contributed by atoms with van der Waals surface area (Å²) in [7, 11) is 0. The molecule has 0 aliphatic heterocycles. The van der Waals surface area contributed by atoms with Gasteiger partial charge in [-0.15, -0.1) is 16.4 Å². The summed E-state index contributed by atoms with van der Waals surface area (Å²) in [5.74, 6) is -0.0874. The number of hydrogen-bond acceptors (Lipinski definition) is 6. The first-order valence-electron chi connectivity index (χ1n) is 7.60. The number of thiophene rings is 1. The van der Waals surface area contributed by atoms with Crippen LogP contribution in [0.2, 0.25) is 5.02 Å². The monoisotopic (exact) mass is 393 g/mol. The smallest absolute Gasteiger partial charge is 0.233 e. The largest absolute Gasteiger partial charge is 0.351 e. The molecule has 0 aliphatic rings. The molecule has 1 aromatic carbocycles. The van der Waals surface area contributed by atoms with Crippen molar-refractivity contribution in [1.29, 1.82) is 0 Å². The number of carbonyl (C=O) groups excluding carboxylic acids is 1. The number of rotatable bonds is 7. The zero-order valence-electron chi connectivity index (χ0n) is 13.4. The summed E-state index contributed by atoms with van der Waals surface area (Å²) in [5.41, 5.74) is 0.886. The molecule has 130 valence electrons. The second-order valence-corrected chi connectivity index (χ2v) is 8.02. The Kier molecular flexibility index (Phi) is 6.06. The molecule has 0 radical (unpaired) electrons. The van der Waals surface area contributed by atoms with E-state index in [1.54, 1.807) is 22.1 Å². The molecule has 6 nitrogen and oxygen atoms in total. The van der Waals surface area contributed by atoms with Crippen LogP contribution in [-0.4, -0.2) is 31.4 Å². The van der Waals surface area contributed by atoms with Gasteiger partial charge in [0.15, 0.2) is 0 Å². The molecule has 25 heavy (non-hydrogen) atoms. The average Bonchev–Trinajstić information content (AvgIpc) is 3.27. The summed E-state index contributed by atoms with van der Waals surface area (Å²) in [6.07, 6.45) is 0. The van der Waals surface area contributed by atoms with Crippen molar-refractivity contribution in [1.82, 2.24) is 25.5 Å². The van der Waals surface area contributed by atoms with Gasteiger partial charge in [-0.3, -0.25) is 4.79 Å². The highest BCUT2D eigenvalue weighted by Gasteiger charge is 2.18. The minimum Gasteiger partial charge on any atom is -0.351 e. The Balaban J connectivity index is 1.57. The predicted molar refractivity (Wildman–Crippen MR) is 99.9 cm³/mol. The van der Waals surface area contributed by atoms with Gasteiger partial charge >= 0.3 is 0 Å². The van der Waals surface area contributed by atoms with E-state index in [2.05, 4.69) is 20.8 Å². The fourth-order valence-corrected chi connectivity index (χ4v) is 3.81. The number of thioether (sulfide) groups is 1. The molecule has 0 fully saturated rings. The Morgan fingerprint density at radius 2 is 2.20 bits per heavy atom. The van der Waals surface area contributed by atoms with E-state index in [0.717, 1.165) is 10.4 Å². The molecule has 0 bridgehead atoms. The molecule has 2 aromatic heterocycles. The number of amides is 1.